The number of halogens is 2. The van der Waals surface area contributed by atoms with Crippen LogP contribution in [0.25, 0.3) is 10.2 Å². The molecule has 0 radical (unpaired) electrons. The van der Waals surface area contributed by atoms with Crippen molar-refractivity contribution in [2.75, 3.05) is 10.7 Å². The van der Waals surface area contributed by atoms with E-state index in [1.54, 1.807) is 18.3 Å². The Balaban J connectivity index is 1.64. The zero-order valence-corrected chi connectivity index (χ0v) is 16.7. The lowest BCUT2D eigenvalue weighted by atomic mass is 10.3. The number of carbonyl (C=O) groups excluding carboxylic acids is 1. The Morgan fingerprint density at radius 2 is 1.86 bits per heavy atom. The van der Waals surface area contributed by atoms with Gasteiger partial charge in [-0.1, -0.05) is 35.6 Å². The molecule has 8 heteroatoms. The Morgan fingerprint density at radius 3 is 2.62 bits per heavy atom. The van der Waals surface area contributed by atoms with Crippen LogP contribution in [-0.2, 0) is 11.3 Å². The van der Waals surface area contributed by atoms with E-state index in [4.69, 9.17) is 0 Å². The SMILES string of the molecule is O=C(CSc1ccccc1)N(Cc1ccccn1)c1nc2c(F)cc(F)cc2s1. The zero-order valence-electron chi connectivity index (χ0n) is 15.1. The topological polar surface area (TPSA) is 46.1 Å². The molecular weight excluding hydrogens is 412 g/mol. The minimum atomic E-state index is -0.744. The van der Waals surface area contributed by atoms with E-state index in [-0.39, 0.29) is 23.7 Å². The number of rotatable bonds is 6. The van der Waals surface area contributed by atoms with Gasteiger partial charge in [-0.05, 0) is 30.3 Å². The molecule has 0 aliphatic carbocycles. The van der Waals surface area contributed by atoms with E-state index in [0.717, 1.165) is 22.3 Å². The summed E-state index contributed by atoms with van der Waals surface area (Å²) in [4.78, 5) is 24.0. The first-order chi connectivity index (χ1) is 14.1. The van der Waals surface area contributed by atoms with Crippen LogP contribution in [0, 0.1) is 11.6 Å². The minimum absolute atomic E-state index is 0.0564. The third-order valence-electron chi connectivity index (χ3n) is 4.09. The Morgan fingerprint density at radius 1 is 1.07 bits per heavy atom. The molecule has 0 saturated heterocycles. The van der Waals surface area contributed by atoms with Crippen LogP contribution in [0.5, 0.6) is 0 Å². The normalized spacial score (nSPS) is 11.0. The number of amides is 1. The van der Waals surface area contributed by atoms with Crippen LogP contribution in [0.1, 0.15) is 5.69 Å². The quantitative estimate of drug-likeness (QED) is 0.392. The molecule has 4 nitrogen and oxygen atoms in total. The molecule has 0 saturated carbocycles. The maximum absolute atomic E-state index is 14.1. The summed E-state index contributed by atoms with van der Waals surface area (Å²) in [7, 11) is 0. The summed E-state index contributed by atoms with van der Waals surface area (Å²) < 4.78 is 28.0. The van der Waals surface area contributed by atoms with Crippen molar-refractivity contribution in [3.05, 3.63) is 84.2 Å². The summed E-state index contributed by atoms with van der Waals surface area (Å²) >= 11 is 2.49. The van der Waals surface area contributed by atoms with Crippen molar-refractivity contribution in [2.24, 2.45) is 0 Å². The van der Waals surface area contributed by atoms with Crippen LogP contribution < -0.4 is 4.90 Å². The fourth-order valence-corrected chi connectivity index (χ4v) is 4.53. The molecule has 0 atom stereocenters. The highest BCUT2D eigenvalue weighted by atomic mass is 32.2. The van der Waals surface area contributed by atoms with E-state index in [9.17, 15) is 13.6 Å². The van der Waals surface area contributed by atoms with Crippen molar-refractivity contribution in [3.63, 3.8) is 0 Å². The molecule has 4 rings (SSSR count). The van der Waals surface area contributed by atoms with Gasteiger partial charge in [-0.2, -0.15) is 0 Å². The number of pyridine rings is 1. The van der Waals surface area contributed by atoms with E-state index in [2.05, 4.69) is 9.97 Å². The van der Waals surface area contributed by atoms with Crippen LogP contribution in [0.3, 0.4) is 0 Å². The Bertz CT molecular complexity index is 1140. The van der Waals surface area contributed by atoms with Gasteiger partial charge in [0.2, 0.25) is 5.91 Å². The molecule has 0 aliphatic heterocycles. The number of hydrogen-bond acceptors (Lipinski definition) is 5. The first-order valence-electron chi connectivity index (χ1n) is 8.74. The molecule has 4 aromatic rings. The first kappa shape index (κ1) is 19.5. The second kappa shape index (κ2) is 8.67. The standard InChI is InChI=1S/C21H15F2N3OS2/c22-14-10-17(23)20-18(11-14)29-21(25-20)26(12-15-6-4-5-9-24-15)19(27)13-28-16-7-2-1-3-8-16/h1-11H,12-13H2. The number of fused-ring (bicyclic) bond motifs is 1. The summed E-state index contributed by atoms with van der Waals surface area (Å²) in [6.07, 6.45) is 1.64. The summed E-state index contributed by atoms with van der Waals surface area (Å²) in [5.74, 6) is -1.42. The molecule has 1 amide bonds. The number of nitrogens with zero attached hydrogens (tertiary/aromatic N) is 3. The lowest BCUT2D eigenvalue weighted by Gasteiger charge is -2.19. The highest BCUT2D eigenvalue weighted by Gasteiger charge is 2.22. The van der Waals surface area contributed by atoms with Gasteiger partial charge in [0.15, 0.2) is 10.9 Å². The van der Waals surface area contributed by atoms with Gasteiger partial charge in [0, 0.05) is 17.2 Å². The molecule has 146 valence electrons. The first-order valence-corrected chi connectivity index (χ1v) is 10.5. The largest absolute Gasteiger partial charge is 0.281 e. The maximum Gasteiger partial charge on any atom is 0.239 e. The monoisotopic (exact) mass is 427 g/mol. The number of anilines is 1. The molecule has 0 aliphatic rings. The van der Waals surface area contributed by atoms with Crippen molar-refractivity contribution in [1.29, 1.82) is 0 Å². The number of carbonyl (C=O) groups is 1. The highest BCUT2D eigenvalue weighted by molar-refractivity contribution is 8.00. The fraction of sp³-hybridized carbons (Fsp3) is 0.0952. The molecule has 2 aromatic carbocycles. The smallest absolute Gasteiger partial charge is 0.239 e. The molecule has 2 aromatic heterocycles. The van der Waals surface area contributed by atoms with Crippen molar-refractivity contribution in [1.82, 2.24) is 9.97 Å². The van der Waals surface area contributed by atoms with Crippen LogP contribution in [0.4, 0.5) is 13.9 Å². The molecule has 29 heavy (non-hydrogen) atoms. The van der Waals surface area contributed by atoms with Crippen LogP contribution in [-0.4, -0.2) is 21.6 Å². The highest BCUT2D eigenvalue weighted by Crippen LogP contribution is 2.32. The van der Waals surface area contributed by atoms with Crippen LogP contribution in [0.2, 0.25) is 0 Å². The van der Waals surface area contributed by atoms with E-state index >= 15 is 0 Å². The molecule has 0 N–H and O–H groups in total. The van der Waals surface area contributed by atoms with Gasteiger partial charge in [0.05, 0.1) is 22.7 Å². The van der Waals surface area contributed by atoms with E-state index < -0.39 is 11.6 Å². The number of hydrogen-bond donors (Lipinski definition) is 0. The molecule has 0 unspecified atom stereocenters. The van der Waals surface area contributed by atoms with Crippen molar-refractivity contribution >= 4 is 44.4 Å². The number of benzene rings is 2. The fourth-order valence-electron chi connectivity index (χ4n) is 2.72. The van der Waals surface area contributed by atoms with E-state index in [1.807, 2.05) is 36.4 Å². The number of thiazole rings is 1. The van der Waals surface area contributed by atoms with Gasteiger partial charge in [0.1, 0.15) is 11.3 Å². The third-order valence-corrected chi connectivity index (χ3v) is 6.11. The van der Waals surface area contributed by atoms with Gasteiger partial charge < -0.3 is 0 Å². The van der Waals surface area contributed by atoms with E-state index in [0.29, 0.717) is 15.5 Å². The van der Waals surface area contributed by atoms with Crippen molar-refractivity contribution in [3.8, 4) is 0 Å². The van der Waals surface area contributed by atoms with Crippen LogP contribution in [0.15, 0.2) is 71.8 Å². The summed E-state index contributed by atoms with van der Waals surface area (Å²) in [6.45, 7) is 0.193. The molecular formula is C21H15F2N3OS2. The summed E-state index contributed by atoms with van der Waals surface area (Å²) in [5.41, 5.74) is 0.734. The second-order valence-corrected chi connectivity index (χ2v) is 8.19. The van der Waals surface area contributed by atoms with Gasteiger partial charge in [-0.3, -0.25) is 14.7 Å². The lowest BCUT2D eigenvalue weighted by Crippen LogP contribution is -2.32. The molecule has 2 heterocycles. The lowest BCUT2D eigenvalue weighted by molar-refractivity contribution is -0.116. The number of aromatic nitrogens is 2. The zero-order chi connectivity index (χ0) is 20.2. The predicted octanol–water partition coefficient (Wildman–Crippen LogP) is 5.30. The Hall–Kier alpha value is -2.84. The second-order valence-electron chi connectivity index (χ2n) is 6.13. The van der Waals surface area contributed by atoms with Crippen LogP contribution >= 0.6 is 23.1 Å². The third kappa shape index (κ3) is 4.60. The molecule has 0 bridgehead atoms. The predicted molar refractivity (Wildman–Crippen MR) is 112 cm³/mol. The summed E-state index contributed by atoms with van der Waals surface area (Å²) in [5, 5.41) is 0.314. The average molecular weight is 428 g/mol. The summed E-state index contributed by atoms with van der Waals surface area (Å²) in [6, 6.07) is 17.0. The van der Waals surface area contributed by atoms with Gasteiger partial charge >= 0.3 is 0 Å². The molecule has 0 fully saturated rings. The Kier molecular flexibility index (Phi) is 5.82. The van der Waals surface area contributed by atoms with Gasteiger partial charge in [0.25, 0.3) is 0 Å². The van der Waals surface area contributed by atoms with Gasteiger partial charge in [-0.15, -0.1) is 11.8 Å². The van der Waals surface area contributed by atoms with E-state index in [1.165, 1.54) is 22.7 Å². The van der Waals surface area contributed by atoms with Crippen molar-refractivity contribution in [2.45, 2.75) is 11.4 Å². The van der Waals surface area contributed by atoms with Gasteiger partial charge in [-0.25, -0.2) is 13.8 Å². The average Bonchev–Trinajstić information content (AvgIpc) is 3.16. The molecule has 0 spiro atoms. The minimum Gasteiger partial charge on any atom is -0.281 e. The Labute approximate surface area is 174 Å². The number of thioether (sulfide) groups is 1. The van der Waals surface area contributed by atoms with Crippen molar-refractivity contribution < 1.29 is 13.6 Å². The maximum atomic E-state index is 14.1.